The summed E-state index contributed by atoms with van der Waals surface area (Å²) in [5.74, 6) is 0. The molecule has 0 aliphatic heterocycles. The van der Waals surface area contributed by atoms with Crippen LogP contribution in [0.25, 0.3) is 0 Å². The first kappa shape index (κ1) is 29.2. The van der Waals surface area contributed by atoms with Gasteiger partial charge in [0.05, 0.1) is 0 Å². The molecular weight excluding hydrogens is 344 g/mol. The fraction of sp³-hybridized carbons (Fsp3) is 0.438. The van der Waals surface area contributed by atoms with E-state index in [4.69, 9.17) is 9.30 Å². The Labute approximate surface area is 146 Å². The molecule has 1 aromatic rings. The van der Waals surface area contributed by atoms with Crippen molar-refractivity contribution in [3.05, 3.63) is 53.8 Å². The maximum Gasteiger partial charge on any atom is 4.00 e. The van der Waals surface area contributed by atoms with Crippen molar-refractivity contribution in [2.24, 2.45) is 0 Å². The number of hydrogen-bond acceptors (Lipinski definition) is 2. The fourth-order valence-electron chi connectivity index (χ4n) is 1.48. The minimum absolute atomic E-state index is 0. The van der Waals surface area contributed by atoms with Gasteiger partial charge in [-0.05, 0) is 18.0 Å². The van der Waals surface area contributed by atoms with Gasteiger partial charge in [-0.1, -0.05) is 40.7 Å². The van der Waals surface area contributed by atoms with Crippen LogP contribution in [0.15, 0.2) is 12.7 Å². The van der Waals surface area contributed by atoms with Gasteiger partial charge in [-0.2, -0.15) is 27.8 Å². The van der Waals surface area contributed by atoms with Gasteiger partial charge in [0.1, 0.15) is 0 Å². The molecule has 0 aromatic heterocycles. The van der Waals surface area contributed by atoms with E-state index in [1.807, 2.05) is 0 Å². The Hall–Kier alpha value is -0.801. The molecule has 6 heteroatoms. The minimum Gasteiger partial charge on any atom is 4.00 e. The van der Waals surface area contributed by atoms with E-state index in [1.165, 1.54) is 33.9 Å². The molecule has 0 heterocycles. The summed E-state index contributed by atoms with van der Waals surface area (Å²) in [5.41, 5.74) is 7.34. The van der Waals surface area contributed by atoms with Gasteiger partial charge < -0.3 is 4.55 Å². The van der Waals surface area contributed by atoms with Gasteiger partial charge in [-0.25, -0.2) is 0 Å². The average Bonchev–Trinajstić information content (AvgIpc) is 2.69. The van der Waals surface area contributed by atoms with Gasteiger partial charge in [0, 0.05) is 5.25 Å². The summed E-state index contributed by atoms with van der Waals surface area (Å²) in [7, 11) is 0. The smallest absolute Gasteiger partial charge is 4.00 e. The fourth-order valence-corrected chi connectivity index (χ4v) is 1.64. The van der Waals surface area contributed by atoms with Crippen LogP contribution in [0.1, 0.15) is 34.7 Å². The van der Waals surface area contributed by atoms with E-state index in [0.717, 1.165) is 0 Å². The molecule has 0 amide bonds. The topological polar surface area (TPSA) is 79.9 Å². The van der Waals surface area contributed by atoms with Crippen molar-refractivity contribution < 1.29 is 35.1 Å². The maximum atomic E-state index is 9.86. The predicted molar refractivity (Wildman–Crippen MR) is 82.2 cm³/mol. The molecule has 0 saturated carbocycles. The van der Waals surface area contributed by atoms with E-state index in [1.54, 1.807) is 6.92 Å². The van der Waals surface area contributed by atoms with Crippen LogP contribution >= 0.6 is 0 Å². The molecule has 2 unspecified atom stereocenters. The third-order valence-corrected chi connectivity index (χ3v) is 4.25. The zero-order valence-electron chi connectivity index (χ0n) is 13.8. The Morgan fingerprint density at radius 1 is 1.14 bits per heavy atom. The third kappa shape index (κ3) is 10.0. The zero-order valence-corrected chi connectivity index (χ0v) is 15.7. The molecule has 4 nitrogen and oxygen atoms in total. The summed E-state index contributed by atoms with van der Waals surface area (Å²) in [6.45, 7) is 24.8. The summed E-state index contributed by atoms with van der Waals surface area (Å²) in [5, 5.41) is -0.417. The van der Waals surface area contributed by atoms with Crippen molar-refractivity contribution in [3.63, 3.8) is 0 Å². The first-order chi connectivity index (χ1) is 9.73. The van der Waals surface area contributed by atoms with E-state index < -0.39 is 16.3 Å². The van der Waals surface area contributed by atoms with Crippen LogP contribution in [0.5, 0.6) is 0 Å². The van der Waals surface area contributed by atoms with E-state index in [2.05, 4.69) is 54.5 Å². The molecule has 0 bridgehead atoms. The molecule has 122 valence electrons. The largest absolute Gasteiger partial charge is 4.00 e. The quantitative estimate of drug-likeness (QED) is 0.265. The predicted octanol–water partition coefficient (Wildman–Crippen LogP) is 3.31. The molecule has 0 radical (unpaired) electrons. The minimum atomic E-state index is -1.98. The second kappa shape index (κ2) is 16.6. The van der Waals surface area contributed by atoms with Crippen LogP contribution in [0.2, 0.25) is 0 Å². The summed E-state index contributed by atoms with van der Waals surface area (Å²) in [6.07, 6.45) is 1.38. The van der Waals surface area contributed by atoms with Crippen LogP contribution in [0, 0.1) is 47.9 Å². The van der Waals surface area contributed by atoms with Crippen molar-refractivity contribution in [1.29, 1.82) is 0 Å². The Morgan fingerprint density at radius 2 is 1.41 bits per heavy atom. The average molecular weight is 366 g/mol. The van der Waals surface area contributed by atoms with Gasteiger partial charge in [-0.3, -0.25) is 4.21 Å². The van der Waals surface area contributed by atoms with Gasteiger partial charge in [0.15, 0.2) is 0 Å². The van der Waals surface area contributed by atoms with Crippen LogP contribution in [0.3, 0.4) is 0 Å². The Kier molecular flexibility index (Phi) is 22.0. The van der Waals surface area contributed by atoms with E-state index in [9.17, 15) is 8.76 Å². The third-order valence-electron chi connectivity index (χ3n) is 3.45. The standard InChI is InChI=1S/C10H15.C4H8O2S.2CO.Fe/c1-6-7(2)9(4)10(5)8(6)3;1-3-4(2)7(5)6;2*1-2;/h1-5H3;3-4H,1H2,2H3,(H,5,6);;;/q-1;;;;+4/p-1. The zero-order chi connectivity index (χ0) is 17.7. The monoisotopic (exact) mass is 366 g/mol. The Balaban J connectivity index is -0.000000120. The van der Waals surface area contributed by atoms with E-state index in [-0.39, 0.29) is 17.1 Å². The summed E-state index contributed by atoms with van der Waals surface area (Å²) in [6, 6.07) is 0. The van der Waals surface area contributed by atoms with Crippen LogP contribution in [-0.2, 0) is 37.5 Å². The molecule has 0 fully saturated rings. The summed E-state index contributed by atoms with van der Waals surface area (Å²) < 4.78 is 34.7. The number of hydrogen-bond donors (Lipinski definition) is 0. The van der Waals surface area contributed by atoms with Crippen LogP contribution < -0.4 is 0 Å². The van der Waals surface area contributed by atoms with Crippen molar-refractivity contribution in [3.8, 4) is 0 Å². The van der Waals surface area contributed by atoms with Crippen LogP contribution in [-0.4, -0.2) is 14.0 Å². The Bertz CT molecular complexity index is 415. The second-order valence-electron chi connectivity index (χ2n) is 4.33. The summed E-state index contributed by atoms with van der Waals surface area (Å²) in [4.78, 5) is 0. The number of rotatable bonds is 2. The van der Waals surface area contributed by atoms with Gasteiger partial charge in [0.25, 0.3) is 0 Å². The molecule has 1 rings (SSSR count). The first-order valence-corrected chi connectivity index (χ1v) is 7.18. The van der Waals surface area contributed by atoms with Crippen molar-refractivity contribution in [2.45, 2.75) is 46.8 Å². The van der Waals surface area contributed by atoms with Gasteiger partial charge in [0.2, 0.25) is 0 Å². The SMILES string of the molecule is C=CC(C)S(=O)[O-].Cc1c(C)c(C)[c-](C)c1C.[C-]#[O+].[C-]#[O+].[Fe+4]. The molecule has 0 saturated heterocycles. The second-order valence-corrected chi connectivity index (χ2v) is 5.59. The molecule has 1 aromatic carbocycles. The molecule has 0 spiro atoms. The first-order valence-electron chi connectivity index (χ1n) is 6.05. The molecule has 2 atom stereocenters. The normalized spacial score (nSPS) is 10.7. The van der Waals surface area contributed by atoms with Crippen molar-refractivity contribution in [1.82, 2.24) is 0 Å². The van der Waals surface area contributed by atoms with E-state index >= 15 is 0 Å². The van der Waals surface area contributed by atoms with Crippen molar-refractivity contribution in [2.75, 3.05) is 0 Å². The van der Waals surface area contributed by atoms with Gasteiger partial charge in [-0.15, -0.1) is 6.58 Å². The molecule has 0 N–H and O–H groups in total. The molecule has 0 aliphatic carbocycles. The summed E-state index contributed by atoms with van der Waals surface area (Å²) >= 11 is -1.98. The Morgan fingerprint density at radius 3 is 1.45 bits per heavy atom. The molecule has 0 aliphatic rings. The van der Waals surface area contributed by atoms with Gasteiger partial charge >= 0.3 is 39.7 Å². The van der Waals surface area contributed by atoms with E-state index in [0.29, 0.717) is 0 Å². The van der Waals surface area contributed by atoms with Crippen LogP contribution in [0.4, 0.5) is 0 Å². The van der Waals surface area contributed by atoms with Crippen molar-refractivity contribution >= 4 is 11.1 Å². The molecule has 22 heavy (non-hydrogen) atoms. The molecular formula is C16H22FeO4S+2. The maximum absolute atomic E-state index is 9.86.